The highest BCUT2D eigenvalue weighted by Crippen LogP contribution is 2.28. The van der Waals surface area contributed by atoms with Crippen LogP contribution in [0, 0.1) is 13.8 Å². The molecule has 34 heavy (non-hydrogen) atoms. The molecule has 176 valence electrons. The lowest BCUT2D eigenvalue weighted by atomic mass is 10.2. The molecule has 0 atom stereocenters. The Labute approximate surface area is 199 Å². The maximum atomic E-state index is 13.1. The van der Waals surface area contributed by atoms with Gasteiger partial charge in [0.1, 0.15) is 17.8 Å². The standard InChI is InChI=1S/C24H22F2N4O3S/c1-15-12-19(16(2)30(15)17-8-10-18(11-9-17)33-23(25)26)21(31)13-34-24-28-27-14-29(24)20-6-4-5-7-22(20)32-3/h4-12,14,23H,13H2,1-3H3. The number of thioether (sulfide) groups is 1. The van der Waals surface area contributed by atoms with Gasteiger partial charge in [-0.15, -0.1) is 10.2 Å². The van der Waals surface area contributed by atoms with E-state index in [1.807, 2.05) is 48.7 Å². The predicted octanol–water partition coefficient (Wildman–Crippen LogP) is 5.26. The van der Waals surface area contributed by atoms with Gasteiger partial charge in [0, 0.05) is 22.6 Å². The zero-order chi connectivity index (χ0) is 24.2. The van der Waals surface area contributed by atoms with E-state index in [1.54, 1.807) is 30.1 Å². The molecule has 4 rings (SSSR count). The Morgan fingerprint density at radius 3 is 2.56 bits per heavy atom. The highest BCUT2D eigenvalue weighted by atomic mass is 32.2. The number of rotatable bonds is 9. The van der Waals surface area contributed by atoms with E-state index in [9.17, 15) is 13.6 Å². The first kappa shape index (κ1) is 23.5. The molecule has 2 heterocycles. The quantitative estimate of drug-likeness (QED) is 0.238. The van der Waals surface area contributed by atoms with E-state index in [0.29, 0.717) is 16.5 Å². The molecule has 0 spiro atoms. The lowest BCUT2D eigenvalue weighted by Gasteiger charge is -2.11. The summed E-state index contributed by atoms with van der Waals surface area (Å²) in [6.45, 7) is 0.862. The van der Waals surface area contributed by atoms with Crippen molar-refractivity contribution >= 4 is 17.5 Å². The van der Waals surface area contributed by atoms with E-state index in [1.165, 1.54) is 23.9 Å². The smallest absolute Gasteiger partial charge is 0.387 e. The molecule has 0 unspecified atom stereocenters. The normalized spacial score (nSPS) is 11.1. The maximum absolute atomic E-state index is 13.1. The molecule has 2 aromatic heterocycles. The molecule has 0 saturated heterocycles. The SMILES string of the molecule is COc1ccccc1-n1cnnc1SCC(=O)c1cc(C)n(-c2ccc(OC(F)F)cc2)c1C. The second-order valence-electron chi connectivity index (χ2n) is 7.36. The third kappa shape index (κ3) is 4.81. The van der Waals surface area contributed by atoms with Gasteiger partial charge in [-0.3, -0.25) is 9.36 Å². The van der Waals surface area contributed by atoms with Crippen molar-refractivity contribution in [2.75, 3.05) is 12.9 Å². The molecule has 0 aliphatic heterocycles. The first-order valence-corrected chi connectivity index (χ1v) is 11.3. The van der Waals surface area contributed by atoms with Crippen molar-refractivity contribution in [1.82, 2.24) is 19.3 Å². The fraction of sp³-hybridized carbons (Fsp3) is 0.208. The summed E-state index contributed by atoms with van der Waals surface area (Å²) in [5.41, 5.74) is 3.73. The van der Waals surface area contributed by atoms with Gasteiger partial charge in [-0.2, -0.15) is 8.78 Å². The summed E-state index contributed by atoms with van der Waals surface area (Å²) in [6, 6.07) is 15.6. The van der Waals surface area contributed by atoms with Gasteiger partial charge in [0.05, 0.1) is 18.6 Å². The topological polar surface area (TPSA) is 71.2 Å². The van der Waals surface area contributed by atoms with Gasteiger partial charge in [-0.25, -0.2) is 0 Å². The number of benzene rings is 2. The molecule has 0 aliphatic rings. The highest BCUT2D eigenvalue weighted by Gasteiger charge is 2.19. The molecule has 0 radical (unpaired) electrons. The molecule has 10 heteroatoms. The number of aryl methyl sites for hydroxylation is 1. The zero-order valence-electron chi connectivity index (χ0n) is 18.7. The summed E-state index contributed by atoms with van der Waals surface area (Å²) in [5, 5.41) is 8.71. The van der Waals surface area contributed by atoms with E-state index in [-0.39, 0.29) is 17.3 Å². The summed E-state index contributed by atoms with van der Waals surface area (Å²) in [7, 11) is 1.59. The van der Waals surface area contributed by atoms with Crippen LogP contribution in [-0.4, -0.2) is 44.6 Å². The second-order valence-corrected chi connectivity index (χ2v) is 8.30. The van der Waals surface area contributed by atoms with E-state index in [4.69, 9.17) is 4.74 Å². The van der Waals surface area contributed by atoms with Crippen LogP contribution in [-0.2, 0) is 0 Å². The minimum Gasteiger partial charge on any atom is -0.495 e. The molecule has 0 saturated carbocycles. The lowest BCUT2D eigenvalue weighted by Crippen LogP contribution is -2.07. The van der Waals surface area contributed by atoms with Crippen LogP contribution in [0.3, 0.4) is 0 Å². The zero-order valence-corrected chi connectivity index (χ0v) is 19.6. The first-order chi connectivity index (χ1) is 16.4. The van der Waals surface area contributed by atoms with Crippen LogP contribution in [0.1, 0.15) is 21.7 Å². The fourth-order valence-corrected chi connectivity index (χ4v) is 4.55. The van der Waals surface area contributed by atoms with Crippen molar-refractivity contribution in [3.63, 3.8) is 0 Å². The average molecular weight is 485 g/mol. The Kier molecular flexibility index (Phi) is 6.97. The van der Waals surface area contributed by atoms with Crippen LogP contribution < -0.4 is 9.47 Å². The van der Waals surface area contributed by atoms with Gasteiger partial charge < -0.3 is 14.0 Å². The van der Waals surface area contributed by atoms with Crippen LogP contribution in [0.2, 0.25) is 0 Å². The van der Waals surface area contributed by atoms with E-state index < -0.39 is 6.61 Å². The van der Waals surface area contributed by atoms with Crippen molar-refractivity contribution in [2.24, 2.45) is 0 Å². The summed E-state index contributed by atoms with van der Waals surface area (Å²) in [6.07, 6.45) is 1.58. The number of carbonyl (C=O) groups excluding carboxylic acids is 1. The van der Waals surface area contributed by atoms with Crippen molar-refractivity contribution in [1.29, 1.82) is 0 Å². The van der Waals surface area contributed by atoms with E-state index >= 15 is 0 Å². The maximum Gasteiger partial charge on any atom is 0.387 e. The molecule has 2 aromatic carbocycles. The van der Waals surface area contributed by atoms with Crippen molar-refractivity contribution in [3.8, 4) is 22.9 Å². The molecule has 0 N–H and O–H groups in total. The van der Waals surface area contributed by atoms with Gasteiger partial charge in [-0.05, 0) is 56.3 Å². The number of ketones is 1. The molecule has 0 bridgehead atoms. The van der Waals surface area contributed by atoms with Crippen molar-refractivity contribution in [2.45, 2.75) is 25.6 Å². The van der Waals surface area contributed by atoms with Crippen LogP contribution in [0.25, 0.3) is 11.4 Å². The Morgan fingerprint density at radius 2 is 1.85 bits per heavy atom. The Balaban J connectivity index is 1.52. The van der Waals surface area contributed by atoms with E-state index in [0.717, 1.165) is 22.8 Å². The van der Waals surface area contributed by atoms with Gasteiger partial charge in [0.2, 0.25) is 0 Å². The average Bonchev–Trinajstić information content (AvgIpc) is 3.41. The summed E-state index contributed by atoms with van der Waals surface area (Å²) in [5.74, 6) is 0.855. The Morgan fingerprint density at radius 1 is 1.12 bits per heavy atom. The molecular formula is C24H22F2N4O3S. The van der Waals surface area contributed by atoms with E-state index in [2.05, 4.69) is 14.9 Å². The van der Waals surface area contributed by atoms with Crippen LogP contribution >= 0.6 is 11.8 Å². The van der Waals surface area contributed by atoms with Crippen molar-refractivity contribution < 1.29 is 23.0 Å². The number of nitrogens with zero attached hydrogens (tertiary/aromatic N) is 4. The minimum atomic E-state index is -2.88. The molecule has 7 nitrogen and oxygen atoms in total. The first-order valence-electron chi connectivity index (χ1n) is 10.3. The number of aromatic nitrogens is 4. The van der Waals surface area contributed by atoms with Gasteiger partial charge in [0.25, 0.3) is 0 Å². The highest BCUT2D eigenvalue weighted by molar-refractivity contribution is 7.99. The van der Waals surface area contributed by atoms with Crippen LogP contribution in [0.15, 0.2) is 66.1 Å². The number of carbonyl (C=O) groups is 1. The molecule has 0 aliphatic carbocycles. The van der Waals surface area contributed by atoms with Crippen molar-refractivity contribution in [3.05, 3.63) is 77.9 Å². The van der Waals surface area contributed by atoms with Gasteiger partial charge >= 0.3 is 6.61 Å². The van der Waals surface area contributed by atoms with Gasteiger partial charge in [0.15, 0.2) is 10.9 Å². The Bertz CT molecular complexity index is 1300. The monoisotopic (exact) mass is 484 g/mol. The Hall–Kier alpha value is -3.66. The number of methoxy groups -OCH3 is 1. The molecule has 0 amide bonds. The van der Waals surface area contributed by atoms with Gasteiger partial charge in [-0.1, -0.05) is 23.9 Å². The molecular weight excluding hydrogens is 462 g/mol. The number of alkyl halides is 2. The summed E-state index contributed by atoms with van der Waals surface area (Å²) in [4.78, 5) is 13.1. The largest absolute Gasteiger partial charge is 0.495 e. The molecule has 0 fully saturated rings. The summed E-state index contributed by atoms with van der Waals surface area (Å²) < 4.78 is 38.3. The fourth-order valence-electron chi connectivity index (χ4n) is 3.74. The number of hydrogen-bond acceptors (Lipinski definition) is 6. The number of Topliss-reactive ketones (excluding diaryl/α,β-unsaturated/α-hetero) is 1. The van der Waals surface area contributed by atoms with Crippen LogP contribution in [0.4, 0.5) is 8.78 Å². The second kappa shape index (κ2) is 10.1. The van der Waals surface area contributed by atoms with Crippen LogP contribution in [0.5, 0.6) is 11.5 Å². The third-order valence-corrected chi connectivity index (χ3v) is 6.19. The third-order valence-electron chi connectivity index (χ3n) is 5.25. The minimum absolute atomic E-state index is 0.0587. The lowest BCUT2D eigenvalue weighted by molar-refractivity contribution is -0.0498. The number of hydrogen-bond donors (Lipinski definition) is 0. The molecule has 4 aromatic rings. The number of ether oxygens (including phenoxy) is 2. The number of para-hydroxylation sites is 2. The number of halogens is 2. The summed E-state index contributed by atoms with van der Waals surface area (Å²) >= 11 is 1.29. The predicted molar refractivity (Wildman–Crippen MR) is 125 cm³/mol.